The molecular weight excluding hydrogens is 370 g/mol. The van der Waals surface area contributed by atoms with Crippen LogP contribution in [-0.2, 0) is 9.53 Å². The number of benzene rings is 2. The standard InChI is InChI=1S/C20H18ClNO3S/c1-13(14-7-3-2-4-8-14)11-22-17(23)12-25-20(24)19-18(21)15-9-5-6-10-16(15)26-19/h2-10,13H,11-12H2,1H3,(H,22,23)/t13-/m0/s1. The Morgan fingerprint density at radius 2 is 1.81 bits per heavy atom. The molecule has 0 bridgehead atoms. The number of hydrogen-bond donors (Lipinski definition) is 1. The second-order valence-electron chi connectivity index (χ2n) is 5.93. The molecule has 4 nitrogen and oxygen atoms in total. The summed E-state index contributed by atoms with van der Waals surface area (Å²) in [5.41, 5.74) is 1.14. The summed E-state index contributed by atoms with van der Waals surface area (Å²) >= 11 is 7.51. The van der Waals surface area contributed by atoms with Gasteiger partial charge in [-0.25, -0.2) is 4.79 Å². The van der Waals surface area contributed by atoms with E-state index in [9.17, 15) is 9.59 Å². The van der Waals surface area contributed by atoms with E-state index in [1.807, 2.05) is 61.5 Å². The zero-order chi connectivity index (χ0) is 18.5. The average molecular weight is 388 g/mol. The van der Waals surface area contributed by atoms with Crippen LogP contribution in [0, 0.1) is 0 Å². The topological polar surface area (TPSA) is 55.4 Å². The molecule has 1 atom stereocenters. The average Bonchev–Trinajstić information content (AvgIpc) is 3.02. The third kappa shape index (κ3) is 4.23. The second kappa shape index (κ2) is 8.34. The molecule has 1 amide bonds. The maximum atomic E-state index is 12.2. The normalized spacial score (nSPS) is 11.9. The number of amides is 1. The minimum atomic E-state index is -0.581. The molecule has 1 aromatic heterocycles. The van der Waals surface area contributed by atoms with Crippen molar-refractivity contribution in [1.82, 2.24) is 5.32 Å². The van der Waals surface area contributed by atoms with Crippen LogP contribution in [0.4, 0.5) is 0 Å². The molecular formula is C20H18ClNO3S. The number of carbonyl (C=O) groups excluding carboxylic acids is 2. The van der Waals surface area contributed by atoms with E-state index in [0.29, 0.717) is 16.4 Å². The van der Waals surface area contributed by atoms with Crippen LogP contribution in [0.2, 0.25) is 5.02 Å². The first kappa shape index (κ1) is 18.4. The Labute approximate surface area is 160 Å². The fourth-order valence-electron chi connectivity index (χ4n) is 2.56. The highest BCUT2D eigenvalue weighted by Gasteiger charge is 2.19. The first-order valence-corrected chi connectivity index (χ1v) is 9.41. The molecule has 0 saturated heterocycles. The number of esters is 1. The van der Waals surface area contributed by atoms with Gasteiger partial charge in [0.1, 0.15) is 4.88 Å². The van der Waals surface area contributed by atoms with Gasteiger partial charge in [0.25, 0.3) is 5.91 Å². The number of rotatable bonds is 6. The summed E-state index contributed by atoms with van der Waals surface area (Å²) in [6, 6.07) is 17.4. The summed E-state index contributed by atoms with van der Waals surface area (Å²) in [5, 5.41) is 3.96. The van der Waals surface area contributed by atoms with Gasteiger partial charge >= 0.3 is 5.97 Å². The zero-order valence-electron chi connectivity index (χ0n) is 14.2. The maximum absolute atomic E-state index is 12.2. The number of carbonyl (C=O) groups is 2. The monoisotopic (exact) mass is 387 g/mol. The SMILES string of the molecule is C[C@@H](CNC(=O)COC(=O)c1sc2ccccc2c1Cl)c1ccccc1. The van der Waals surface area contributed by atoms with Crippen molar-refractivity contribution in [1.29, 1.82) is 0 Å². The maximum Gasteiger partial charge on any atom is 0.350 e. The lowest BCUT2D eigenvalue weighted by atomic mass is 10.0. The number of halogens is 1. The van der Waals surface area contributed by atoms with E-state index in [-0.39, 0.29) is 18.4 Å². The van der Waals surface area contributed by atoms with Crippen LogP contribution in [0.1, 0.15) is 28.1 Å². The lowest BCUT2D eigenvalue weighted by Crippen LogP contribution is -2.31. The van der Waals surface area contributed by atoms with Gasteiger partial charge < -0.3 is 10.1 Å². The summed E-state index contributed by atoms with van der Waals surface area (Å²) in [7, 11) is 0. The molecule has 6 heteroatoms. The number of nitrogens with one attached hydrogen (secondary N) is 1. The summed E-state index contributed by atoms with van der Waals surface area (Å²) in [5.74, 6) is -0.742. The van der Waals surface area contributed by atoms with Gasteiger partial charge in [0.15, 0.2) is 6.61 Å². The fraction of sp³-hybridized carbons (Fsp3) is 0.200. The summed E-state index contributed by atoms with van der Waals surface area (Å²) in [6.45, 7) is 2.17. The van der Waals surface area contributed by atoms with Crippen molar-refractivity contribution in [2.45, 2.75) is 12.8 Å². The van der Waals surface area contributed by atoms with Crippen molar-refractivity contribution in [3.8, 4) is 0 Å². The Hall–Kier alpha value is -2.37. The summed E-state index contributed by atoms with van der Waals surface area (Å²) in [4.78, 5) is 24.5. The van der Waals surface area contributed by atoms with E-state index in [0.717, 1.165) is 15.6 Å². The first-order chi connectivity index (χ1) is 12.6. The smallest absolute Gasteiger partial charge is 0.350 e. The van der Waals surface area contributed by atoms with Gasteiger partial charge in [-0.2, -0.15) is 0 Å². The molecule has 0 aliphatic heterocycles. The van der Waals surface area contributed by atoms with E-state index in [1.165, 1.54) is 11.3 Å². The van der Waals surface area contributed by atoms with Gasteiger partial charge in [-0.05, 0) is 17.5 Å². The van der Waals surface area contributed by atoms with Crippen LogP contribution in [-0.4, -0.2) is 25.0 Å². The van der Waals surface area contributed by atoms with E-state index >= 15 is 0 Å². The molecule has 134 valence electrons. The molecule has 0 radical (unpaired) electrons. The van der Waals surface area contributed by atoms with Crippen molar-refractivity contribution in [2.24, 2.45) is 0 Å². The van der Waals surface area contributed by atoms with Crippen molar-refractivity contribution in [2.75, 3.05) is 13.2 Å². The van der Waals surface area contributed by atoms with Gasteiger partial charge in [-0.3, -0.25) is 4.79 Å². The Balaban J connectivity index is 1.52. The van der Waals surface area contributed by atoms with Crippen molar-refractivity contribution < 1.29 is 14.3 Å². The third-order valence-corrected chi connectivity index (χ3v) is 5.68. The van der Waals surface area contributed by atoms with E-state index < -0.39 is 5.97 Å². The molecule has 1 heterocycles. The highest BCUT2D eigenvalue weighted by molar-refractivity contribution is 7.21. The van der Waals surface area contributed by atoms with E-state index in [2.05, 4.69) is 5.32 Å². The zero-order valence-corrected chi connectivity index (χ0v) is 15.8. The lowest BCUT2D eigenvalue weighted by molar-refractivity contribution is -0.124. The minimum absolute atomic E-state index is 0.174. The molecule has 1 N–H and O–H groups in total. The highest BCUT2D eigenvalue weighted by Crippen LogP contribution is 2.35. The van der Waals surface area contributed by atoms with Gasteiger partial charge in [-0.15, -0.1) is 11.3 Å². The largest absolute Gasteiger partial charge is 0.451 e. The Morgan fingerprint density at radius 3 is 2.54 bits per heavy atom. The molecule has 26 heavy (non-hydrogen) atoms. The van der Waals surface area contributed by atoms with Gasteiger partial charge in [0, 0.05) is 16.6 Å². The third-order valence-electron chi connectivity index (χ3n) is 4.03. The highest BCUT2D eigenvalue weighted by atomic mass is 35.5. The first-order valence-electron chi connectivity index (χ1n) is 8.22. The van der Waals surface area contributed by atoms with Crippen LogP contribution >= 0.6 is 22.9 Å². The molecule has 0 fully saturated rings. The summed E-state index contributed by atoms with van der Waals surface area (Å²) in [6.07, 6.45) is 0. The number of hydrogen-bond acceptors (Lipinski definition) is 4. The quantitative estimate of drug-likeness (QED) is 0.627. The second-order valence-corrected chi connectivity index (χ2v) is 7.36. The molecule has 0 spiro atoms. The minimum Gasteiger partial charge on any atom is -0.451 e. The Morgan fingerprint density at radius 1 is 1.12 bits per heavy atom. The number of thiophene rings is 1. The Bertz CT molecular complexity index is 923. The molecule has 3 rings (SSSR count). The lowest BCUT2D eigenvalue weighted by Gasteiger charge is -2.13. The molecule has 2 aromatic carbocycles. The fourth-order valence-corrected chi connectivity index (χ4v) is 3.96. The van der Waals surface area contributed by atoms with Crippen molar-refractivity contribution in [3.63, 3.8) is 0 Å². The van der Waals surface area contributed by atoms with Crippen LogP contribution in [0.3, 0.4) is 0 Å². The van der Waals surface area contributed by atoms with Crippen molar-refractivity contribution >= 4 is 44.9 Å². The summed E-state index contributed by atoms with van der Waals surface area (Å²) < 4.78 is 6.02. The predicted octanol–water partition coefficient (Wildman–Crippen LogP) is 4.63. The number of fused-ring (bicyclic) bond motifs is 1. The van der Waals surface area contributed by atoms with Crippen LogP contribution in [0.25, 0.3) is 10.1 Å². The molecule has 0 saturated carbocycles. The Kier molecular flexibility index (Phi) is 5.91. The van der Waals surface area contributed by atoms with Crippen LogP contribution in [0.5, 0.6) is 0 Å². The van der Waals surface area contributed by atoms with Crippen LogP contribution in [0.15, 0.2) is 54.6 Å². The molecule has 0 aliphatic carbocycles. The van der Waals surface area contributed by atoms with Crippen molar-refractivity contribution in [3.05, 3.63) is 70.1 Å². The van der Waals surface area contributed by atoms with E-state index in [4.69, 9.17) is 16.3 Å². The number of ether oxygens (including phenoxy) is 1. The molecule has 3 aromatic rings. The van der Waals surface area contributed by atoms with Crippen LogP contribution < -0.4 is 5.32 Å². The molecule has 0 unspecified atom stereocenters. The van der Waals surface area contributed by atoms with Gasteiger partial charge in [-0.1, -0.05) is 67.1 Å². The van der Waals surface area contributed by atoms with Gasteiger partial charge in [0.05, 0.1) is 5.02 Å². The van der Waals surface area contributed by atoms with E-state index in [1.54, 1.807) is 0 Å². The molecule has 0 aliphatic rings. The van der Waals surface area contributed by atoms with Gasteiger partial charge in [0.2, 0.25) is 0 Å². The predicted molar refractivity (Wildman–Crippen MR) is 105 cm³/mol.